The van der Waals surface area contributed by atoms with Crippen LogP contribution in [-0.2, 0) is 4.79 Å². The van der Waals surface area contributed by atoms with Gasteiger partial charge in [-0.1, -0.05) is 25.6 Å². The number of carbonyl (C=O) groups is 1. The van der Waals surface area contributed by atoms with Crippen LogP contribution in [0.2, 0.25) is 19.6 Å². The quantitative estimate of drug-likeness (QED) is 0.460. The first-order valence-electron chi connectivity index (χ1n) is 4.05. The van der Waals surface area contributed by atoms with Crippen LogP contribution >= 0.6 is 0 Å². The maximum Gasteiger partial charge on any atom is 0.300 e. The second kappa shape index (κ2) is 6.69. The summed E-state index contributed by atoms with van der Waals surface area (Å²) >= 11 is 0. The summed E-state index contributed by atoms with van der Waals surface area (Å²) in [4.78, 5) is 9.00. The fourth-order valence-corrected chi connectivity index (χ4v) is 0.963. The van der Waals surface area contributed by atoms with Crippen LogP contribution in [0.3, 0.4) is 0 Å². The molecule has 0 aromatic carbocycles. The number of aliphatic carboxylic acids is 1. The molecule has 0 bridgehead atoms. The van der Waals surface area contributed by atoms with Crippen molar-refractivity contribution in [1.29, 1.82) is 0 Å². The van der Waals surface area contributed by atoms with Gasteiger partial charge in [0, 0.05) is 6.92 Å². The second-order valence-electron chi connectivity index (χ2n) is 3.71. The summed E-state index contributed by atoms with van der Waals surface area (Å²) in [5, 5.41) is 16.2. The van der Waals surface area contributed by atoms with Gasteiger partial charge in [0.05, 0.1) is 0 Å². The molecule has 0 aliphatic carbocycles. The van der Waals surface area contributed by atoms with E-state index in [0.29, 0.717) is 0 Å². The topological polar surface area (TPSA) is 57.5 Å². The molecule has 0 amide bonds. The third-order valence-corrected chi connectivity index (χ3v) is 1.55. The van der Waals surface area contributed by atoms with Crippen LogP contribution in [0.5, 0.6) is 0 Å². The highest BCUT2D eigenvalue weighted by atomic mass is 28.3. The zero-order chi connectivity index (χ0) is 11.1. The molecule has 0 aromatic rings. The molecule has 0 saturated carbocycles. The van der Waals surface area contributed by atoms with Gasteiger partial charge in [-0.3, -0.25) is 4.79 Å². The number of carboxylic acid groups (broad SMARTS) is 1. The Morgan fingerprint density at radius 1 is 1.38 bits per heavy atom. The molecule has 0 heterocycles. The van der Waals surface area contributed by atoms with Crippen molar-refractivity contribution in [3.05, 3.63) is 0 Å². The van der Waals surface area contributed by atoms with E-state index >= 15 is 0 Å². The summed E-state index contributed by atoms with van der Waals surface area (Å²) in [6.45, 7) is 9.24. The van der Waals surface area contributed by atoms with Gasteiger partial charge in [0.15, 0.2) is 0 Å². The van der Waals surface area contributed by atoms with Gasteiger partial charge >= 0.3 is 0 Å². The molecule has 4 heteroatoms. The Bertz CT molecular complexity index is 201. The van der Waals surface area contributed by atoms with Gasteiger partial charge in [0.2, 0.25) is 0 Å². The SMILES string of the molecule is CC(=O)O.CC(O)C#C[Si](C)(C)C. The van der Waals surface area contributed by atoms with Crippen molar-refractivity contribution in [2.75, 3.05) is 0 Å². The minimum absolute atomic E-state index is 0.461. The van der Waals surface area contributed by atoms with Crippen LogP contribution in [0, 0.1) is 11.5 Å². The summed E-state index contributed by atoms with van der Waals surface area (Å²) in [5.74, 6) is 1.92. The van der Waals surface area contributed by atoms with Crippen LogP contribution in [-0.4, -0.2) is 30.4 Å². The van der Waals surface area contributed by atoms with Gasteiger partial charge in [0.25, 0.3) is 5.97 Å². The maximum absolute atomic E-state index is 9.00. The fourth-order valence-electron chi connectivity index (χ4n) is 0.321. The first kappa shape index (κ1) is 14.7. The summed E-state index contributed by atoms with van der Waals surface area (Å²) in [6.07, 6.45) is -0.461. The molecule has 0 fully saturated rings. The zero-order valence-electron chi connectivity index (χ0n) is 8.88. The molecule has 1 unspecified atom stereocenters. The molecule has 0 aromatic heterocycles. The lowest BCUT2D eigenvalue weighted by Gasteiger charge is -2.03. The first-order chi connectivity index (χ1) is 5.65. The molecule has 0 spiro atoms. The number of carboxylic acids is 1. The molecule has 2 N–H and O–H groups in total. The Hall–Kier alpha value is -0.793. The predicted molar refractivity (Wildman–Crippen MR) is 56.1 cm³/mol. The molecule has 1 atom stereocenters. The Morgan fingerprint density at radius 3 is 1.77 bits per heavy atom. The van der Waals surface area contributed by atoms with Crippen LogP contribution in [0.1, 0.15) is 13.8 Å². The van der Waals surface area contributed by atoms with Crippen molar-refractivity contribution in [1.82, 2.24) is 0 Å². The number of aliphatic hydroxyl groups excluding tert-OH is 1. The summed E-state index contributed by atoms with van der Waals surface area (Å²) in [6, 6.07) is 0. The molecule has 0 radical (unpaired) electrons. The number of hydrogen-bond donors (Lipinski definition) is 2. The molecule has 0 rings (SSSR count). The third kappa shape index (κ3) is 35.0. The lowest BCUT2D eigenvalue weighted by Crippen LogP contribution is -2.17. The highest BCUT2D eigenvalue weighted by molar-refractivity contribution is 6.83. The maximum atomic E-state index is 9.00. The van der Waals surface area contributed by atoms with E-state index in [1.54, 1.807) is 6.92 Å². The fraction of sp³-hybridized carbons (Fsp3) is 0.667. The Kier molecular flexibility index (Phi) is 7.58. The van der Waals surface area contributed by atoms with E-state index in [0.717, 1.165) is 6.92 Å². The zero-order valence-corrected chi connectivity index (χ0v) is 9.88. The van der Waals surface area contributed by atoms with Crippen LogP contribution in [0.25, 0.3) is 0 Å². The second-order valence-corrected chi connectivity index (χ2v) is 8.46. The van der Waals surface area contributed by atoms with E-state index in [4.69, 9.17) is 15.0 Å². The Balaban J connectivity index is 0. The molecular formula is C9H18O3Si. The van der Waals surface area contributed by atoms with Crippen LogP contribution in [0.4, 0.5) is 0 Å². The number of rotatable bonds is 0. The van der Waals surface area contributed by atoms with Gasteiger partial charge in [0.1, 0.15) is 14.2 Å². The van der Waals surface area contributed by atoms with Crippen molar-refractivity contribution in [3.63, 3.8) is 0 Å². The van der Waals surface area contributed by atoms with E-state index in [9.17, 15) is 0 Å². The normalized spacial score (nSPS) is 11.5. The third-order valence-electron chi connectivity index (χ3n) is 0.656. The van der Waals surface area contributed by atoms with Gasteiger partial charge in [-0.2, -0.15) is 0 Å². The Labute approximate surface area is 80.8 Å². The first-order valence-corrected chi connectivity index (χ1v) is 7.55. The van der Waals surface area contributed by atoms with E-state index in [1.807, 2.05) is 0 Å². The van der Waals surface area contributed by atoms with Crippen LogP contribution in [0.15, 0.2) is 0 Å². The summed E-state index contributed by atoms with van der Waals surface area (Å²) in [7, 11) is -1.24. The largest absolute Gasteiger partial charge is 0.481 e. The minimum atomic E-state index is -1.24. The molecule has 13 heavy (non-hydrogen) atoms. The van der Waals surface area contributed by atoms with E-state index in [2.05, 4.69) is 31.1 Å². The molecular weight excluding hydrogens is 184 g/mol. The van der Waals surface area contributed by atoms with Crippen molar-refractivity contribution in [3.8, 4) is 11.5 Å². The smallest absolute Gasteiger partial charge is 0.300 e. The monoisotopic (exact) mass is 202 g/mol. The number of aliphatic hydroxyl groups is 1. The molecule has 3 nitrogen and oxygen atoms in total. The average molecular weight is 202 g/mol. The minimum Gasteiger partial charge on any atom is -0.481 e. The van der Waals surface area contributed by atoms with E-state index < -0.39 is 20.1 Å². The van der Waals surface area contributed by atoms with Crippen molar-refractivity contribution >= 4 is 14.0 Å². The standard InChI is InChI=1S/C7H14OSi.C2H4O2/c1-7(8)5-6-9(2,3)4;1-2(3)4/h7-8H,1-4H3;1H3,(H,3,4). The van der Waals surface area contributed by atoms with Crippen molar-refractivity contribution < 1.29 is 15.0 Å². The van der Waals surface area contributed by atoms with E-state index in [-0.39, 0.29) is 0 Å². The van der Waals surface area contributed by atoms with Gasteiger partial charge in [-0.25, -0.2) is 0 Å². The Morgan fingerprint density at radius 2 is 1.69 bits per heavy atom. The molecule has 0 aliphatic heterocycles. The van der Waals surface area contributed by atoms with Crippen molar-refractivity contribution in [2.45, 2.75) is 39.6 Å². The summed E-state index contributed by atoms with van der Waals surface area (Å²) < 4.78 is 0. The molecule has 0 aliphatic rings. The van der Waals surface area contributed by atoms with Gasteiger partial charge in [-0.05, 0) is 6.92 Å². The summed E-state index contributed by atoms with van der Waals surface area (Å²) in [5.41, 5.74) is 3.06. The lowest BCUT2D eigenvalue weighted by molar-refractivity contribution is -0.134. The van der Waals surface area contributed by atoms with Gasteiger partial charge < -0.3 is 10.2 Å². The highest BCUT2D eigenvalue weighted by Crippen LogP contribution is 1.96. The molecule has 76 valence electrons. The predicted octanol–water partition coefficient (Wildman–Crippen LogP) is 1.34. The average Bonchev–Trinajstić information content (AvgIpc) is 1.80. The molecule has 0 saturated heterocycles. The van der Waals surface area contributed by atoms with Crippen molar-refractivity contribution in [2.24, 2.45) is 0 Å². The lowest BCUT2D eigenvalue weighted by atomic mass is 10.4. The van der Waals surface area contributed by atoms with E-state index in [1.165, 1.54) is 0 Å². The number of hydrogen-bond acceptors (Lipinski definition) is 2. The van der Waals surface area contributed by atoms with Crippen LogP contribution < -0.4 is 0 Å². The van der Waals surface area contributed by atoms with Gasteiger partial charge in [-0.15, -0.1) is 5.54 Å². The highest BCUT2D eigenvalue weighted by Gasteiger charge is 2.07.